The first-order valence-electron chi connectivity index (χ1n) is 13.4. The van der Waals surface area contributed by atoms with E-state index in [0.717, 1.165) is 32.4 Å². The van der Waals surface area contributed by atoms with E-state index in [-0.39, 0.29) is 41.5 Å². The Bertz CT molecular complexity index is 952. The molecule has 0 radical (unpaired) electrons. The van der Waals surface area contributed by atoms with E-state index in [0.29, 0.717) is 23.5 Å². The Balaban J connectivity index is 1.35. The van der Waals surface area contributed by atoms with E-state index in [1.807, 2.05) is 0 Å². The highest BCUT2D eigenvalue weighted by Gasteiger charge is 2.83. The third-order valence-corrected chi connectivity index (χ3v) is 11.3. The van der Waals surface area contributed by atoms with E-state index in [4.69, 9.17) is 0 Å². The van der Waals surface area contributed by atoms with Crippen molar-refractivity contribution in [1.29, 1.82) is 0 Å². The first kappa shape index (κ1) is 21.1. The van der Waals surface area contributed by atoms with Crippen LogP contribution in [0.1, 0.15) is 44.6 Å². The molecule has 33 heavy (non-hydrogen) atoms. The maximum Gasteiger partial charge on any atom is 0.194 e. The number of aliphatic hydroxyl groups is 3. The van der Waals surface area contributed by atoms with Crippen molar-refractivity contribution in [2.24, 2.45) is 17.8 Å². The van der Waals surface area contributed by atoms with Crippen molar-refractivity contribution in [3.8, 4) is 0 Å². The number of hydrogen-bond acceptors (Lipinski definition) is 5. The Hall–Kier alpha value is -1.18. The van der Waals surface area contributed by atoms with Gasteiger partial charge in [-0.1, -0.05) is 25.1 Å². The van der Waals surface area contributed by atoms with Crippen LogP contribution in [0, 0.1) is 17.8 Å². The predicted molar refractivity (Wildman–Crippen MR) is 127 cm³/mol. The van der Waals surface area contributed by atoms with Gasteiger partial charge in [0.15, 0.2) is 6.23 Å². The highest BCUT2D eigenvalue weighted by Crippen LogP contribution is 2.71. The lowest BCUT2D eigenvalue weighted by atomic mass is 9.60. The molecule has 5 unspecified atom stereocenters. The van der Waals surface area contributed by atoms with Crippen LogP contribution in [0.5, 0.6) is 0 Å². The smallest absolute Gasteiger partial charge is 0.194 e. The zero-order valence-corrected chi connectivity index (χ0v) is 20.1. The summed E-state index contributed by atoms with van der Waals surface area (Å²) in [4.78, 5) is 4.83. The van der Waals surface area contributed by atoms with Crippen LogP contribution < -0.4 is 4.90 Å². The predicted octanol–water partition coefficient (Wildman–Crippen LogP) is 1.53. The van der Waals surface area contributed by atoms with Gasteiger partial charge in [0.2, 0.25) is 0 Å². The zero-order valence-electron chi connectivity index (χ0n) is 20.1. The molecule has 8 rings (SSSR count). The largest absolute Gasteiger partial charge is 0.392 e. The van der Waals surface area contributed by atoms with Gasteiger partial charge in [0.25, 0.3) is 0 Å². The molecule has 5 saturated heterocycles. The molecule has 1 spiro atoms. The van der Waals surface area contributed by atoms with Crippen molar-refractivity contribution >= 4 is 5.69 Å². The number of β-amino-alcohol motifs (C(OH)–C–C–N with tert-alkyl or cyclic N) is 1. The summed E-state index contributed by atoms with van der Waals surface area (Å²) in [5.41, 5.74) is 2.34. The first-order valence-corrected chi connectivity index (χ1v) is 13.4. The van der Waals surface area contributed by atoms with Crippen LogP contribution in [0.25, 0.3) is 0 Å². The summed E-state index contributed by atoms with van der Waals surface area (Å²) in [5.74, 6) is 0.820. The van der Waals surface area contributed by atoms with Gasteiger partial charge >= 0.3 is 0 Å². The molecule has 11 atom stereocenters. The molecule has 6 nitrogen and oxygen atoms in total. The summed E-state index contributed by atoms with van der Waals surface area (Å²) in [6.45, 7) is 5.70. The van der Waals surface area contributed by atoms with Crippen LogP contribution >= 0.6 is 0 Å². The van der Waals surface area contributed by atoms with E-state index >= 15 is 0 Å². The molecule has 1 aromatic rings. The standard InChI is InChI=1S/C27H40N3O3/c1-3-17-18-12-21-24-27(19-8-4-5-9-20(19)28(24)2)13-22(23(18)25(27)32)30(21,26(17)33)15-16(31)14-29-10-6-7-11-29/h4-5,8-9,16-18,21-26,31-33H,3,6-7,10-15H2,1-2H3/q+1/t16?,17-,18?,21-,22-,23?,24-,25+,26+,27?,30?/m0/s1. The minimum atomic E-state index is -0.438. The number of hydrogen-bond donors (Lipinski definition) is 3. The topological polar surface area (TPSA) is 67.2 Å². The van der Waals surface area contributed by atoms with E-state index in [9.17, 15) is 15.3 Å². The molecule has 0 aromatic heterocycles. The molecule has 5 bridgehead atoms. The Morgan fingerprint density at radius 1 is 1.15 bits per heavy atom. The summed E-state index contributed by atoms with van der Waals surface area (Å²) in [6.07, 6.45) is 4.15. The molecule has 6 fully saturated rings. The molecule has 0 amide bonds. The van der Waals surface area contributed by atoms with E-state index in [1.54, 1.807) is 0 Å². The SMILES string of the molecule is CC[C@H]1C2C[C@H]3[C@@H]4N(C)c5ccccc5C45C[C@@H](C2[C@H]5O)[N+]3(CC(O)CN2CCCC2)[C@@H]1O. The summed E-state index contributed by atoms with van der Waals surface area (Å²) in [5, 5.41) is 35.5. The number of para-hydroxylation sites is 1. The third kappa shape index (κ3) is 2.33. The van der Waals surface area contributed by atoms with Crippen molar-refractivity contribution in [2.45, 2.75) is 81.0 Å². The summed E-state index contributed by atoms with van der Waals surface area (Å²) >= 11 is 0. The zero-order chi connectivity index (χ0) is 22.7. The summed E-state index contributed by atoms with van der Waals surface area (Å²) in [7, 11) is 2.20. The Morgan fingerprint density at radius 3 is 2.67 bits per heavy atom. The lowest BCUT2D eigenvalue weighted by Gasteiger charge is -2.68. The number of likely N-dealkylation sites (tertiary alicyclic amines) is 1. The molecule has 6 heteroatoms. The van der Waals surface area contributed by atoms with E-state index < -0.39 is 12.3 Å². The number of anilines is 1. The van der Waals surface area contributed by atoms with Crippen LogP contribution in [0.4, 0.5) is 5.69 Å². The molecule has 180 valence electrons. The van der Waals surface area contributed by atoms with Crippen LogP contribution in [-0.4, -0.2) is 94.5 Å². The average Bonchev–Trinajstić information content (AvgIpc) is 3.45. The second-order valence-corrected chi connectivity index (χ2v) is 12.2. The van der Waals surface area contributed by atoms with Gasteiger partial charge in [-0.25, -0.2) is 0 Å². The molecule has 1 aliphatic carbocycles. The van der Waals surface area contributed by atoms with Gasteiger partial charge in [-0.3, -0.25) is 4.48 Å². The van der Waals surface area contributed by atoms with Crippen molar-refractivity contribution < 1.29 is 19.8 Å². The first-order chi connectivity index (χ1) is 15.9. The highest BCUT2D eigenvalue weighted by molar-refractivity contribution is 5.66. The summed E-state index contributed by atoms with van der Waals surface area (Å²) in [6, 6.07) is 9.38. The molecular weight excluding hydrogens is 414 g/mol. The maximum absolute atomic E-state index is 12.1. The molecule has 1 saturated carbocycles. The lowest BCUT2D eigenvalue weighted by Crippen LogP contribution is -2.84. The van der Waals surface area contributed by atoms with Crippen molar-refractivity contribution in [2.75, 3.05) is 38.1 Å². The normalized spacial score (nSPS) is 50.2. The molecule has 6 aliphatic heterocycles. The number of rotatable bonds is 5. The van der Waals surface area contributed by atoms with Crippen LogP contribution in [-0.2, 0) is 5.41 Å². The molecule has 6 heterocycles. The molecule has 3 N–H and O–H groups in total. The van der Waals surface area contributed by atoms with Gasteiger partial charge < -0.3 is 25.1 Å². The number of benzene rings is 1. The number of nitrogens with zero attached hydrogens (tertiary/aromatic N) is 3. The average molecular weight is 455 g/mol. The fourth-order valence-electron chi connectivity index (χ4n) is 10.4. The molecule has 1 aromatic carbocycles. The van der Waals surface area contributed by atoms with Gasteiger partial charge in [0.1, 0.15) is 18.7 Å². The third-order valence-electron chi connectivity index (χ3n) is 11.3. The Labute approximate surface area is 197 Å². The lowest BCUT2D eigenvalue weighted by molar-refractivity contribution is -1.04. The monoisotopic (exact) mass is 454 g/mol. The van der Waals surface area contributed by atoms with Gasteiger partial charge in [0, 0.05) is 44.0 Å². The second kappa shape index (κ2) is 6.94. The van der Waals surface area contributed by atoms with Crippen molar-refractivity contribution in [1.82, 2.24) is 4.90 Å². The van der Waals surface area contributed by atoms with E-state index in [2.05, 4.69) is 48.0 Å². The number of aliphatic hydroxyl groups excluding tert-OH is 3. The fourth-order valence-corrected chi connectivity index (χ4v) is 10.4. The minimum absolute atomic E-state index is 0.183. The number of piperidine rings is 4. The Morgan fingerprint density at radius 2 is 1.91 bits per heavy atom. The number of fused-ring (bicyclic) bond motifs is 2. The van der Waals surface area contributed by atoms with Crippen LogP contribution in [0.2, 0.25) is 0 Å². The number of quaternary nitrogens is 1. The molecular formula is C27H40N3O3+. The van der Waals surface area contributed by atoms with Crippen molar-refractivity contribution in [3.05, 3.63) is 29.8 Å². The van der Waals surface area contributed by atoms with Gasteiger partial charge in [-0.15, -0.1) is 0 Å². The minimum Gasteiger partial charge on any atom is -0.392 e. The van der Waals surface area contributed by atoms with Crippen LogP contribution in [0.3, 0.4) is 0 Å². The summed E-state index contributed by atoms with van der Waals surface area (Å²) < 4.78 is 0.622. The highest BCUT2D eigenvalue weighted by atomic mass is 16.3. The second-order valence-electron chi connectivity index (χ2n) is 12.2. The number of likely N-dealkylation sites (N-methyl/N-ethyl adjacent to an activating group) is 1. The fraction of sp³-hybridized carbons (Fsp3) is 0.778. The van der Waals surface area contributed by atoms with Gasteiger partial charge in [-0.05, 0) is 49.9 Å². The van der Waals surface area contributed by atoms with Gasteiger partial charge in [0.05, 0.1) is 23.6 Å². The van der Waals surface area contributed by atoms with Crippen molar-refractivity contribution in [3.63, 3.8) is 0 Å². The molecule has 7 aliphatic rings. The Kier molecular flexibility index (Phi) is 4.45. The van der Waals surface area contributed by atoms with Crippen LogP contribution in [0.15, 0.2) is 24.3 Å². The maximum atomic E-state index is 12.1. The van der Waals surface area contributed by atoms with Gasteiger partial charge in [-0.2, -0.15) is 0 Å². The van der Waals surface area contributed by atoms with E-state index in [1.165, 1.54) is 24.1 Å². The quantitative estimate of drug-likeness (QED) is 0.589.